The first kappa shape index (κ1) is 20.4. The van der Waals surface area contributed by atoms with Gasteiger partial charge in [-0.3, -0.25) is 15.0 Å². The van der Waals surface area contributed by atoms with Crippen molar-refractivity contribution in [2.75, 3.05) is 31.6 Å². The maximum atomic E-state index is 11.0. The summed E-state index contributed by atoms with van der Waals surface area (Å²) in [7, 11) is 0. The van der Waals surface area contributed by atoms with Gasteiger partial charge in [-0.15, -0.1) is 10.2 Å². The molecule has 0 radical (unpaired) electrons. The van der Waals surface area contributed by atoms with E-state index in [-0.39, 0.29) is 5.69 Å². The van der Waals surface area contributed by atoms with E-state index in [9.17, 15) is 10.1 Å². The molecule has 0 spiro atoms. The van der Waals surface area contributed by atoms with Crippen LogP contribution >= 0.6 is 11.3 Å². The number of fused-ring (bicyclic) bond motifs is 1. The molecule has 5 rings (SSSR count). The minimum atomic E-state index is -0.424. The van der Waals surface area contributed by atoms with Crippen LogP contribution in [0.5, 0.6) is 0 Å². The number of rotatable bonds is 6. The van der Waals surface area contributed by atoms with Crippen molar-refractivity contribution >= 4 is 38.2 Å². The number of nitrogens with one attached hydrogen (secondary N) is 1. The van der Waals surface area contributed by atoms with Crippen molar-refractivity contribution in [3.05, 3.63) is 70.3 Å². The highest BCUT2D eigenvalue weighted by Crippen LogP contribution is 2.29. The number of thiazole rings is 1. The number of anilines is 2. The first-order valence-corrected chi connectivity index (χ1v) is 11.0. The highest BCUT2D eigenvalue weighted by atomic mass is 32.1. The Bertz CT molecular complexity index is 1250. The van der Waals surface area contributed by atoms with Gasteiger partial charge in [-0.1, -0.05) is 29.5 Å². The number of nitrogens with zero attached hydrogens (tertiary/aromatic N) is 5. The predicted molar refractivity (Wildman–Crippen MR) is 123 cm³/mol. The number of hydrogen-bond donors (Lipinski definition) is 1. The lowest BCUT2D eigenvalue weighted by atomic mass is 10.1. The molecule has 1 aliphatic heterocycles. The first-order valence-electron chi connectivity index (χ1n) is 10.2. The largest absolute Gasteiger partial charge is 0.379 e. The van der Waals surface area contributed by atoms with E-state index in [1.807, 2.05) is 6.07 Å². The Labute approximate surface area is 187 Å². The quantitative estimate of drug-likeness (QED) is 0.345. The Balaban J connectivity index is 1.29. The number of benzene rings is 2. The molecule has 1 saturated heterocycles. The highest BCUT2D eigenvalue weighted by molar-refractivity contribution is 7.22. The van der Waals surface area contributed by atoms with E-state index in [0.717, 1.165) is 48.2 Å². The molecule has 1 aliphatic rings. The van der Waals surface area contributed by atoms with Crippen LogP contribution in [0.15, 0.2) is 54.6 Å². The van der Waals surface area contributed by atoms with E-state index in [0.29, 0.717) is 17.1 Å². The van der Waals surface area contributed by atoms with Gasteiger partial charge in [0.05, 0.1) is 34.0 Å². The molecular formula is C22H20N6O3S. The average Bonchev–Trinajstić information content (AvgIpc) is 3.22. The number of nitro groups is 1. The number of aromatic nitrogens is 3. The fraction of sp³-hybridized carbons (Fsp3) is 0.227. The minimum Gasteiger partial charge on any atom is -0.379 e. The van der Waals surface area contributed by atoms with E-state index < -0.39 is 4.92 Å². The summed E-state index contributed by atoms with van der Waals surface area (Å²) in [4.78, 5) is 17.6. The van der Waals surface area contributed by atoms with Crippen molar-refractivity contribution in [3.63, 3.8) is 0 Å². The summed E-state index contributed by atoms with van der Waals surface area (Å²) in [6, 6.07) is 16.3. The van der Waals surface area contributed by atoms with Gasteiger partial charge in [-0.05, 0) is 29.8 Å². The van der Waals surface area contributed by atoms with Crippen LogP contribution in [0.1, 0.15) is 5.56 Å². The maximum absolute atomic E-state index is 11.0. The van der Waals surface area contributed by atoms with Gasteiger partial charge >= 0.3 is 0 Å². The predicted octanol–water partition coefficient (Wildman–Crippen LogP) is 4.24. The fourth-order valence-electron chi connectivity index (χ4n) is 3.58. The van der Waals surface area contributed by atoms with E-state index in [1.54, 1.807) is 35.6 Å². The van der Waals surface area contributed by atoms with E-state index >= 15 is 0 Å². The van der Waals surface area contributed by atoms with Crippen molar-refractivity contribution in [3.8, 4) is 11.3 Å². The van der Waals surface area contributed by atoms with Gasteiger partial charge in [0.1, 0.15) is 0 Å². The van der Waals surface area contributed by atoms with Crippen LogP contribution in [0.4, 0.5) is 16.6 Å². The Kier molecular flexibility index (Phi) is 5.71. The van der Waals surface area contributed by atoms with Gasteiger partial charge in [-0.2, -0.15) is 0 Å². The molecule has 2 aromatic carbocycles. The molecule has 2 aromatic heterocycles. The van der Waals surface area contributed by atoms with Crippen molar-refractivity contribution < 1.29 is 9.66 Å². The number of ether oxygens (including phenoxy) is 1. The van der Waals surface area contributed by atoms with Crippen LogP contribution in [-0.4, -0.2) is 51.3 Å². The molecule has 1 fully saturated rings. The third kappa shape index (κ3) is 4.57. The topological polar surface area (TPSA) is 106 Å². The van der Waals surface area contributed by atoms with Crippen molar-refractivity contribution in [2.45, 2.75) is 6.54 Å². The first-order chi connectivity index (χ1) is 15.6. The zero-order chi connectivity index (χ0) is 21.9. The molecule has 32 heavy (non-hydrogen) atoms. The van der Waals surface area contributed by atoms with Gasteiger partial charge in [0.25, 0.3) is 5.69 Å². The lowest BCUT2D eigenvalue weighted by molar-refractivity contribution is -0.384. The molecule has 162 valence electrons. The van der Waals surface area contributed by atoms with Crippen molar-refractivity contribution in [2.24, 2.45) is 0 Å². The van der Waals surface area contributed by atoms with Crippen LogP contribution in [0.2, 0.25) is 0 Å². The molecule has 3 heterocycles. The normalized spacial score (nSPS) is 14.5. The van der Waals surface area contributed by atoms with E-state index in [1.165, 1.54) is 17.7 Å². The van der Waals surface area contributed by atoms with Crippen molar-refractivity contribution in [1.29, 1.82) is 0 Å². The standard InChI is InChI=1S/C22H20N6O3S/c29-28(30)17-3-1-2-16(13-17)18-6-7-21(26-25-18)24-22-23-19-5-4-15(12-20(19)32-22)14-27-8-10-31-11-9-27/h1-7,12-13H,8-11,14H2,(H,23,24,26). The molecule has 0 aliphatic carbocycles. The van der Waals surface area contributed by atoms with E-state index in [2.05, 4.69) is 37.5 Å². The molecule has 4 aromatic rings. The van der Waals surface area contributed by atoms with Gasteiger partial charge in [0.2, 0.25) is 0 Å². The summed E-state index contributed by atoms with van der Waals surface area (Å²) >= 11 is 1.57. The third-order valence-corrected chi connectivity index (χ3v) is 6.15. The molecule has 0 atom stereocenters. The lowest BCUT2D eigenvalue weighted by Gasteiger charge is -2.26. The Morgan fingerprint density at radius 1 is 1.09 bits per heavy atom. The SMILES string of the molecule is O=[N+]([O-])c1cccc(-c2ccc(Nc3nc4ccc(CN5CCOCC5)cc4s3)nn2)c1. The van der Waals surface area contributed by atoms with Gasteiger partial charge in [0.15, 0.2) is 10.9 Å². The van der Waals surface area contributed by atoms with Gasteiger partial charge in [-0.25, -0.2) is 4.98 Å². The van der Waals surface area contributed by atoms with Gasteiger partial charge < -0.3 is 10.1 Å². The zero-order valence-corrected chi connectivity index (χ0v) is 17.9. The van der Waals surface area contributed by atoms with Crippen LogP contribution < -0.4 is 5.32 Å². The van der Waals surface area contributed by atoms with Gasteiger partial charge in [0, 0.05) is 37.3 Å². The molecule has 9 nitrogen and oxygen atoms in total. The third-order valence-electron chi connectivity index (χ3n) is 5.22. The molecule has 10 heteroatoms. The second-order valence-corrected chi connectivity index (χ2v) is 8.48. The Hall–Kier alpha value is -3.47. The molecule has 0 bridgehead atoms. The number of morpholine rings is 1. The summed E-state index contributed by atoms with van der Waals surface area (Å²) in [5, 5.41) is 23.3. The summed E-state index contributed by atoms with van der Waals surface area (Å²) in [5.41, 5.74) is 3.43. The molecule has 0 unspecified atom stereocenters. The Morgan fingerprint density at radius 2 is 1.97 bits per heavy atom. The van der Waals surface area contributed by atoms with Crippen molar-refractivity contribution in [1.82, 2.24) is 20.1 Å². The second-order valence-electron chi connectivity index (χ2n) is 7.45. The average molecular weight is 449 g/mol. The smallest absolute Gasteiger partial charge is 0.270 e. The minimum absolute atomic E-state index is 0.0222. The summed E-state index contributed by atoms with van der Waals surface area (Å²) < 4.78 is 6.53. The second kappa shape index (κ2) is 8.95. The fourth-order valence-corrected chi connectivity index (χ4v) is 4.52. The number of hydrogen-bond acceptors (Lipinski definition) is 9. The summed E-state index contributed by atoms with van der Waals surface area (Å²) in [5.74, 6) is 0.562. The summed E-state index contributed by atoms with van der Waals surface area (Å²) in [6.07, 6.45) is 0. The van der Waals surface area contributed by atoms with Crippen LogP contribution in [0, 0.1) is 10.1 Å². The molecule has 0 saturated carbocycles. The monoisotopic (exact) mass is 448 g/mol. The Morgan fingerprint density at radius 3 is 2.75 bits per heavy atom. The molecule has 1 N–H and O–H groups in total. The van der Waals surface area contributed by atoms with E-state index in [4.69, 9.17) is 4.74 Å². The molecule has 0 amide bonds. The van der Waals surface area contributed by atoms with Crippen LogP contribution in [0.3, 0.4) is 0 Å². The molecular weight excluding hydrogens is 428 g/mol. The van der Waals surface area contributed by atoms with Crippen LogP contribution in [-0.2, 0) is 11.3 Å². The lowest BCUT2D eigenvalue weighted by Crippen LogP contribution is -2.35. The number of nitro benzene ring substituents is 1. The highest BCUT2D eigenvalue weighted by Gasteiger charge is 2.13. The van der Waals surface area contributed by atoms with Crippen LogP contribution in [0.25, 0.3) is 21.5 Å². The summed E-state index contributed by atoms with van der Waals surface area (Å²) in [6.45, 7) is 4.40. The number of non-ortho nitro benzene ring substituents is 1. The maximum Gasteiger partial charge on any atom is 0.270 e. The zero-order valence-electron chi connectivity index (χ0n) is 17.1.